The second-order valence-corrected chi connectivity index (χ2v) is 6.33. The highest BCUT2D eigenvalue weighted by molar-refractivity contribution is 6.59. The van der Waals surface area contributed by atoms with Crippen molar-refractivity contribution < 1.29 is 13.3 Å². The van der Waals surface area contributed by atoms with E-state index in [1.165, 1.54) is 0 Å². The Hall–Kier alpha value is 0.0569. The van der Waals surface area contributed by atoms with E-state index >= 15 is 0 Å². The Labute approximate surface area is 81.7 Å². The largest absolute Gasteiger partial charge is 0.498 e. The van der Waals surface area contributed by atoms with Gasteiger partial charge in [0.2, 0.25) is 0 Å². The van der Waals surface area contributed by atoms with Crippen LogP contribution in [0.1, 0.15) is 20.3 Å². The van der Waals surface area contributed by atoms with Crippen LogP contribution in [0.25, 0.3) is 0 Å². The maximum absolute atomic E-state index is 5.76. The molecule has 0 saturated carbocycles. The Morgan fingerprint density at radius 3 is 2.00 bits per heavy atom. The Morgan fingerprint density at radius 1 is 1.23 bits per heavy atom. The quantitative estimate of drug-likeness (QED) is 0.525. The summed E-state index contributed by atoms with van der Waals surface area (Å²) in [5.41, 5.74) is 5.76. The van der Waals surface area contributed by atoms with Crippen LogP contribution < -0.4 is 5.73 Å². The summed E-state index contributed by atoms with van der Waals surface area (Å²) < 4.78 is 15.8. The molecule has 80 valence electrons. The van der Waals surface area contributed by atoms with Gasteiger partial charge in [-0.05, 0) is 12.3 Å². The standard InChI is InChI=1S/C8H21NO3Si/c1-7(2)6-8(9)12-13(5,10-3)11-4/h7-8H,6,9H2,1-5H3. The van der Waals surface area contributed by atoms with Crippen LogP contribution in [0, 0.1) is 5.92 Å². The summed E-state index contributed by atoms with van der Waals surface area (Å²) >= 11 is 0. The van der Waals surface area contributed by atoms with Gasteiger partial charge in [0, 0.05) is 20.8 Å². The van der Waals surface area contributed by atoms with Crippen molar-refractivity contribution in [1.82, 2.24) is 0 Å². The minimum atomic E-state index is -2.45. The molecule has 0 amide bonds. The van der Waals surface area contributed by atoms with E-state index in [9.17, 15) is 0 Å². The van der Waals surface area contributed by atoms with Gasteiger partial charge in [-0.15, -0.1) is 0 Å². The van der Waals surface area contributed by atoms with E-state index in [2.05, 4.69) is 13.8 Å². The molecule has 1 unspecified atom stereocenters. The maximum Gasteiger partial charge on any atom is 0.498 e. The van der Waals surface area contributed by atoms with Crippen molar-refractivity contribution in [3.63, 3.8) is 0 Å². The molecule has 4 nitrogen and oxygen atoms in total. The molecule has 0 aromatic heterocycles. The predicted molar refractivity (Wildman–Crippen MR) is 54.2 cm³/mol. The zero-order valence-electron chi connectivity index (χ0n) is 9.16. The lowest BCUT2D eigenvalue weighted by atomic mass is 10.1. The molecule has 2 N–H and O–H groups in total. The fraction of sp³-hybridized carbons (Fsp3) is 1.00. The van der Waals surface area contributed by atoms with Crippen molar-refractivity contribution in [3.05, 3.63) is 0 Å². The SMILES string of the molecule is CO[Si](C)(OC)OC(N)CC(C)C. The third-order valence-electron chi connectivity index (χ3n) is 1.81. The van der Waals surface area contributed by atoms with Gasteiger partial charge in [-0.25, -0.2) is 0 Å². The zero-order chi connectivity index (χ0) is 10.5. The molecule has 0 heterocycles. The first-order valence-corrected chi connectivity index (χ1v) is 6.69. The van der Waals surface area contributed by atoms with E-state index in [-0.39, 0.29) is 6.23 Å². The summed E-state index contributed by atoms with van der Waals surface area (Å²) in [7, 11) is 0.710. The van der Waals surface area contributed by atoms with Crippen LogP contribution >= 0.6 is 0 Å². The van der Waals surface area contributed by atoms with Crippen LogP contribution in [0.3, 0.4) is 0 Å². The lowest BCUT2D eigenvalue weighted by molar-refractivity contribution is 0.0544. The molecular formula is C8H21NO3Si. The first-order chi connectivity index (χ1) is 5.93. The third kappa shape index (κ3) is 5.38. The average Bonchev–Trinajstić information content (AvgIpc) is 2.02. The van der Waals surface area contributed by atoms with Gasteiger partial charge in [-0.2, -0.15) is 0 Å². The summed E-state index contributed by atoms with van der Waals surface area (Å²) in [5, 5.41) is 0. The summed E-state index contributed by atoms with van der Waals surface area (Å²) in [6.07, 6.45) is 0.520. The molecule has 0 aromatic rings. The molecule has 0 spiro atoms. The summed E-state index contributed by atoms with van der Waals surface area (Å²) in [6, 6.07) is 0. The third-order valence-corrected chi connectivity index (χ3v) is 4.02. The average molecular weight is 207 g/mol. The predicted octanol–water partition coefficient (Wildman–Crippen LogP) is 1.20. The van der Waals surface area contributed by atoms with Gasteiger partial charge in [0.25, 0.3) is 0 Å². The number of nitrogens with two attached hydrogens (primary N) is 1. The topological polar surface area (TPSA) is 53.7 Å². The maximum atomic E-state index is 5.76. The highest BCUT2D eigenvalue weighted by Gasteiger charge is 2.34. The van der Waals surface area contributed by atoms with Gasteiger partial charge in [-0.3, -0.25) is 0 Å². The van der Waals surface area contributed by atoms with Gasteiger partial charge in [0.1, 0.15) is 0 Å². The highest BCUT2D eigenvalue weighted by atomic mass is 28.4. The molecule has 1 atom stereocenters. The number of rotatable bonds is 6. The molecule has 0 fully saturated rings. The van der Waals surface area contributed by atoms with Gasteiger partial charge < -0.3 is 19.0 Å². The summed E-state index contributed by atoms with van der Waals surface area (Å²) in [4.78, 5) is 0. The minimum Gasteiger partial charge on any atom is -0.377 e. The lowest BCUT2D eigenvalue weighted by Gasteiger charge is -2.26. The van der Waals surface area contributed by atoms with Crippen molar-refractivity contribution in [1.29, 1.82) is 0 Å². The van der Waals surface area contributed by atoms with Crippen LogP contribution in [-0.4, -0.2) is 29.3 Å². The van der Waals surface area contributed by atoms with E-state index in [1.807, 2.05) is 6.55 Å². The molecule has 13 heavy (non-hydrogen) atoms. The molecule has 5 heteroatoms. The van der Waals surface area contributed by atoms with E-state index in [0.29, 0.717) is 5.92 Å². The highest BCUT2D eigenvalue weighted by Crippen LogP contribution is 2.12. The monoisotopic (exact) mass is 207 g/mol. The molecule has 0 bridgehead atoms. The van der Waals surface area contributed by atoms with E-state index < -0.39 is 8.80 Å². The smallest absolute Gasteiger partial charge is 0.377 e. The minimum absolute atomic E-state index is 0.295. The van der Waals surface area contributed by atoms with Crippen LogP contribution in [-0.2, 0) is 13.3 Å². The molecule has 0 aromatic carbocycles. The van der Waals surface area contributed by atoms with Gasteiger partial charge >= 0.3 is 8.80 Å². The van der Waals surface area contributed by atoms with Crippen LogP contribution in [0.5, 0.6) is 0 Å². The number of hydrogen-bond donors (Lipinski definition) is 1. The van der Waals surface area contributed by atoms with E-state index in [1.54, 1.807) is 14.2 Å². The molecular weight excluding hydrogens is 186 g/mol. The molecule has 0 rings (SSSR count). The van der Waals surface area contributed by atoms with Gasteiger partial charge in [0.05, 0.1) is 6.23 Å². The fourth-order valence-corrected chi connectivity index (χ4v) is 1.97. The zero-order valence-corrected chi connectivity index (χ0v) is 10.2. The van der Waals surface area contributed by atoms with Gasteiger partial charge in [-0.1, -0.05) is 13.8 Å². The Morgan fingerprint density at radius 2 is 1.69 bits per heavy atom. The number of hydrogen-bond acceptors (Lipinski definition) is 4. The van der Waals surface area contributed by atoms with E-state index in [0.717, 1.165) is 6.42 Å². The van der Waals surface area contributed by atoms with Crippen LogP contribution in [0.2, 0.25) is 6.55 Å². The first-order valence-electron chi connectivity index (χ1n) is 4.47. The second-order valence-electron chi connectivity index (χ2n) is 3.56. The molecule has 0 radical (unpaired) electrons. The first kappa shape index (κ1) is 13.1. The lowest BCUT2D eigenvalue weighted by Crippen LogP contribution is -2.46. The second kappa shape index (κ2) is 5.72. The summed E-state index contributed by atoms with van der Waals surface area (Å²) in [5.74, 6) is 0.516. The Bertz CT molecular complexity index is 139. The molecule has 0 aliphatic rings. The van der Waals surface area contributed by atoms with Crippen LogP contribution in [0.4, 0.5) is 0 Å². The summed E-state index contributed by atoms with van der Waals surface area (Å²) in [6.45, 7) is 6.02. The molecule has 0 saturated heterocycles. The Balaban J connectivity index is 3.94. The molecule has 0 aliphatic carbocycles. The van der Waals surface area contributed by atoms with E-state index in [4.69, 9.17) is 19.0 Å². The van der Waals surface area contributed by atoms with Gasteiger partial charge in [0.15, 0.2) is 0 Å². The Kier molecular flexibility index (Phi) is 5.74. The fourth-order valence-electron chi connectivity index (χ4n) is 0.967. The van der Waals surface area contributed by atoms with Crippen molar-refractivity contribution in [3.8, 4) is 0 Å². The van der Waals surface area contributed by atoms with Crippen LogP contribution in [0.15, 0.2) is 0 Å². The van der Waals surface area contributed by atoms with Crippen molar-refractivity contribution in [2.75, 3.05) is 14.2 Å². The van der Waals surface area contributed by atoms with Crippen molar-refractivity contribution in [2.45, 2.75) is 33.0 Å². The molecule has 0 aliphatic heterocycles. The van der Waals surface area contributed by atoms with Crippen molar-refractivity contribution in [2.24, 2.45) is 11.7 Å². The van der Waals surface area contributed by atoms with Crippen molar-refractivity contribution >= 4 is 8.80 Å². The normalized spacial score (nSPS) is 15.0.